The first-order valence-electron chi connectivity index (χ1n) is 9.18. The maximum Gasteiger partial charge on any atom is 0.269 e. The maximum absolute atomic E-state index is 12.6. The Kier molecular flexibility index (Phi) is 6.13. The second-order valence-electron chi connectivity index (χ2n) is 7.08. The maximum atomic E-state index is 12.6. The average Bonchev–Trinajstić information content (AvgIpc) is 2.62. The van der Waals surface area contributed by atoms with Crippen LogP contribution in [0.15, 0.2) is 16.7 Å². The van der Waals surface area contributed by atoms with Crippen molar-refractivity contribution in [1.82, 2.24) is 14.8 Å². The van der Waals surface area contributed by atoms with Gasteiger partial charge < -0.3 is 15.5 Å². The number of halogens is 1. The Hall–Kier alpha value is -1.67. The third kappa shape index (κ3) is 4.35. The Balaban J connectivity index is 1.59. The molecular weight excluding hydrogens is 398 g/mol. The van der Waals surface area contributed by atoms with Crippen LogP contribution < -0.4 is 10.6 Å². The van der Waals surface area contributed by atoms with Crippen molar-refractivity contribution >= 4 is 33.4 Å². The van der Waals surface area contributed by atoms with Gasteiger partial charge in [-0.15, -0.1) is 0 Å². The molecule has 0 radical (unpaired) electrons. The van der Waals surface area contributed by atoms with Crippen LogP contribution in [-0.2, 0) is 4.79 Å². The summed E-state index contributed by atoms with van der Waals surface area (Å²) < 4.78 is 0.814. The van der Waals surface area contributed by atoms with Crippen molar-refractivity contribution in [3.63, 3.8) is 0 Å². The molecule has 2 amide bonds. The van der Waals surface area contributed by atoms with E-state index in [0.29, 0.717) is 18.3 Å². The highest BCUT2D eigenvalue weighted by molar-refractivity contribution is 9.10. The average molecular weight is 424 g/mol. The summed E-state index contributed by atoms with van der Waals surface area (Å²) in [6.45, 7) is 6.52. The van der Waals surface area contributed by atoms with Crippen molar-refractivity contribution < 1.29 is 9.59 Å². The molecule has 26 heavy (non-hydrogen) atoms. The monoisotopic (exact) mass is 423 g/mol. The van der Waals surface area contributed by atoms with E-state index in [1.807, 2.05) is 11.0 Å². The molecule has 0 aliphatic carbocycles. The number of primary amides is 1. The van der Waals surface area contributed by atoms with Gasteiger partial charge in [0.2, 0.25) is 5.91 Å². The molecule has 0 saturated carbocycles. The van der Waals surface area contributed by atoms with E-state index in [-0.39, 0.29) is 5.91 Å². The molecule has 0 unspecified atom stereocenters. The number of aromatic nitrogens is 1. The first kappa shape index (κ1) is 19.1. The lowest BCUT2D eigenvalue weighted by atomic mass is 10.0. The summed E-state index contributed by atoms with van der Waals surface area (Å²) in [5.74, 6) is -0.295. The van der Waals surface area contributed by atoms with Crippen LogP contribution in [0.4, 0.5) is 5.69 Å². The van der Waals surface area contributed by atoms with E-state index in [9.17, 15) is 9.59 Å². The summed E-state index contributed by atoms with van der Waals surface area (Å²) in [6.07, 6.45) is 5.01. The van der Waals surface area contributed by atoms with Crippen LogP contribution in [0.1, 0.15) is 36.7 Å². The molecule has 2 fully saturated rings. The number of nitrogens with zero attached hydrogens (tertiary/aromatic N) is 4. The number of piperidine rings is 1. The van der Waals surface area contributed by atoms with E-state index < -0.39 is 5.91 Å². The lowest BCUT2D eigenvalue weighted by molar-refractivity contribution is -0.135. The zero-order valence-corrected chi connectivity index (χ0v) is 16.7. The normalized spacial score (nSPS) is 21.7. The third-order valence-electron chi connectivity index (χ3n) is 5.26. The van der Waals surface area contributed by atoms with Gasteiger partial charge in [0.15, 0.2) is 5.69 Å². The molecule has 2 saturated heterocycles. The molecule has 2 aliphatic heterocycles. The van der Waals surface area contributed by atoms with Crippen LogP contribution >= 0.6 is 15.9 Å². The highest BCUT2D eigenvalue weighted by Gasteiger charge is 2.27. The van der Waals surface area contributed by atoms with Crippen LogP contribution in [0.5, 0.6) is 0 Å². The van der Waals surface area contributed by atoms with E-state index >= 15 is 0 Å². The molecule has 3 rings (SSSR count). The molecule has 1 atom stereocenters. The SMILES string of the molecule is C[C@H]1CCCCN1C(=O)CN1CCN(c2cc(Br)cnc2C(N)=O)CC1. The van der Waals surface area contributed by atoms with Crippen molar-refractivity contribution in [3.05, 3.63) is 22.4 Å². The lowest BCUT2D eigenvalue weighted by Crippen LogP contribution is -2.52. The minimum atomic E-state index is -0.524. The number of pyridine rings is 1. The number of rotatable bonds is 4. The highest BCUT2D eigenvalue weighted by atomic mass is 79.9. The van der Waals surface area contributed by atoms with Gasteiger partial charge in [-0.2, -0.15) is 0 Å². The van der Waals surface area contributed by atoms with Crippen LogP contribution in [0.2, 0.25) is 0 Å². The van der Waals surface area contributed by atoms with Gasteiger partial charge in [0, 0.05) is 49.4 Å². The predicted molar refractivity (Wildman–Crippen MR) is 104 cm³/mol. The molecular formula is C18H26BrN5O2. The smallest absolute Gasteiger partial charge is 0.269 e. The van der Waals surface area contributed by atoms with Crippen LogP contribution in [0.3, 0.4) is 0 Å². The van der Waals surface area contributed by atoms with Gasteiger partial charge in [-0.3, -0.25) is 14.5 Å². The summed E-state index contributed by atoms with van der Waals surface area (Å²) in [5.41, 5.74) is 6.50. The third-order valence-corrected chi connectivity index (χ3v) is 5.70. The molecule has 8 heteroatoms. The second-order valence-corrected chi connectivity index (χ2v) is 8.00. The number of amides is 2. The summed E-state index contributed by atoms with van der Waals surface area (Å²) in [7, 11) is 0. The zero-order valence-electron chi connectivity index (χ0n) is 15.2. The first-order chi connectivity index (χ1) is 12.5. The van der Waals surface area contributed by atoms with Gasteiger partial charge in [0.1, 0.15) is 0 Å². The topological polar surface area (TPSA) is 82.8 Å². The van der Waals surface area contributed by atoms with Gasteiger partial charge in [-0.1, -0.05) is 0 Å². The van der Waals surface area contributed by atoms with Crippen LogP contribution in [-0.4, -0.2) is 71.9 Å². The number of hydrogen-bond acceptors (Lipinski definition) is 5. The number of carbonyl (C=O) groups excluding carboxylic acids is 2. The fourth-order valence-corrected chi connectivity index (χ4v) is 4.08. The molecule has 3 heterocycles. The molecule has 2 N–H and O–H groups in total. The van der Waals surface area contributed by atoms with E-state index in [1.54, 1.807) is 6.20 Å². The van der Waals surface area contributed by atoms with Crippen molar-refractivity contribution in [2.75, 3.05) is 44.2 Å². The Labute approximate surface area is 162 Å². The molecule has 0 bridgehead atoms. The molecule has 1 aromatic heterocycles. The number of piperazine rings is 1. The number of hydrogen-bond donors (Lipinski definition) is 1. The minimum absolute atomic E-state index is 0.229. The molecule has 142 valence electrons. The number of likely N-dealkylation sites (tertiary alicyclic amines) is 1. The Morgan fingerprint density at radius 3 is 2.62 bits per heavy atom. The first-order valence-corrected chi connectivity index (χ1v) is 9.97. The molecule has 0 spiro atoms. The van der Waals surface area contributed by atoms with Crippen molar-refractivity contribution in [2.24, 2.45) is 5.73 Å². The van der Waals surface area contributed by atoms with Crippen molar-refractivity contribution in [2.45, 2.75) is 32.2 Å². The number of anilines is 1. The lowest BCUT2D eigenvalue weighted by Gasteiger charge is -2.39. The Morgan fingerprint density at radius 1 is 1.23 bits per heavy atom. The molecule has 7 nitrogen and oxygen atoms in total. The quantitative estimate of drug-likeness (QED) is 0.792. The largest absolute Gasteiger partial charge is 0.367 e. The summed E-state index contributed by atoms with van der Waals surface area (Å²) in [5, 5.41) is 0. The Bertz CT molecular complexity index is 676. The molecule has 0 aromatic carbocycles. The van der Waals surface area contributed by atoms with Gasteiger partial charge in [0.05, 0.1) is 12.2 Å². The van der Waals surface area contributed by atoms with Crippen LogP contribution in [0.25, 0.3) is 0 Å². The van der Waals surface area contributed by atoms with Gasteiger partial charge >= 0.3 is 0 Å². The fourth-order valence-electron chi connectivity index (χ4n) is 3.76. The second kappa shape index (κ2) is 8.35. The zero-order chi connectivity index (χ0) is 18.7. The molecule has 1 aromatic rings. The van der Waals surface area contributed by atoms with E-state index in [1.165, 1.54) is 6.42 Å². The van der Waals surface area contributed by atoms with E-state index in [0.717, 1.165) is 55.7 Å². The number of nitrogens with two attached hydrogens (primary N) is 1. The van der Waals surface area contributed by atoms with Crippen molar-refractivity contribution in [3.8, 4) is 0 Å². The minimum Gasteiger partial charge on any atom is -0.367 e. The Morgan fingerprint density at radius 2 is 1.96 bits per heavy atom. The van der Waals surface area contributed by atoms with Crippen molar-refractivity contribution in [1.29, 1.82) is 0 Å². The standard InChI is InChI=1S/C18H26BrN5O2/c1-13-4-2-3-5-24(13)16(25)12-22-6-8-23(9-7-22)15-10-14(19)11-21-17(15)18(20)26/h10-11,13H,2-9,12H2,1H3,(H2,20,26)/t13-/m0/s1. The summed E-state index contributed by atoms with van der Waals surface area (Å²) in [4.78, 5) is 34.7. The van der Waals surface area contributed by atoms with Gasteiger partial charge in [-0.05, 0) is 48.2 Å². The summed E-state index contributed by atoms with van der Waals surface area (Å²) in [6, 6.07) is 2.23. The van der Waals surface area contributed by atoms with Gasteiger partial charge in [-0.25, -0.2) is 4.98 Å². The fraction of sp³-hybridized carbons (Fsp3) is 0.611. The number of carbonyl (C=O) groups is 2. The predicted octanol–water partition coefficient (Wildman–Crippen LogP) is 1.47. The molecule has 2 aliphatic rings. The van der Waals surface area contributed by atoms with Gasteiger partial charge in [0.25, 0.3) is 5.91 Å². The highest BCUT2D eigenvalue weighted by Crippen LogP contribution is 2.24. The van der Waals surface area contributed by atoms with E-state index in [4.69, 9.17) is 5.73 Å². The summed E-state index contributed by atoms with van der Waals surface area (Å²) >= 11 is 3.40. The van der Waals surface area contributed by atoms with E-state index in [2.05, 4.69) is 37.6 Å². The van der Waals surface area contributed by atoms with Crippen LogP contribution in [0, 0.1) is 0 Å².